The third kappa shape index (κ3) is 4.27. The van der Waals surface area contributed by atoms with Gasteiger partial charge in [-0.2, -0.15) is 10.2 Å². The van der Waals surface area contributed by atoms with Crippen LogP contribution in [0.5, 0.6) is 11.6 Å². The molecule has 1 fully saturated rings. The van der Waals surface area contributed by atoms with Crippen molar-refractivity contribution in [1.82, 2.24) is 9.97 Å². The molecule has 2 aromatic rings. The number of nitrogens with one attached hydrogen (secondary N) is 1. The number of rotatable bonds is 4. The van der Waals surface area contributed by atoms with Crippen LogP contribution in [0.15, 0.2) is 30.3 Å². The van der Waals surface area contributed by atoms with Crippen molar-refractivity contribution >= 4 is 5.95 Å². The van der Waals surface area contributed by atoms with Gasteiger partial charge in [-0.15, -0.1) is 0 Å². The molecule has 3 rings (SSSR count). The third-order valence-corrected chi connectivity index (χ3v) is 5.06. The van der Waals surface area contributed by atoms with E-state index in [0.29, 0.717) is 41.0 Å². The van der Waals surface area contributed by atoms with Gasteiger partial charge in [0.2, 0.25) is 11.8 Å². The molecule has 3 unspecified atom stereocenters. The number of benzene rings is 1. The zero-order valence-corrected chi connectivity index (χ0v) is 15.0. The number of ether oxygens (including phenoxy) is 1. The lowest BCUT2D eigenvalue weighted by Gasteiger charge is -2.34. The van der Waals surface area contributed by atoms with E-state index < -0.39 is 0 Å². The Bertz CT molecular complexity index is 766. The first-order valence-electron chi connectivity index (χ1n) is 8.85. The van der Waals surface area contributed by atoms with Gasteiger partial charge in [0.25, 0.3) is 0 Å². The highest BCUT2D eigenvalue weighted by Gasteiger charge is 2.27. The molecule has 1 N–H and O–H groups in total. The first-order chi connectivity index (χ1) is 12.0. The smallest absolute Gasteiger partial charge is 0.226 e. The van der Waals surface area contributed by atoms with Gasteiger partial charge in [-0.25, -0.2) is 4.98 Å². The second-order valence-electron chi connectivity index (χ2n) is 6.93. The van der Waals surface area contributed by atoms with E-state index in [2.05, 4.69) is 35.2 Å². The Morgan fingerprint density at radius 3 is 2.64 bits per heavy atom. The maximum Gasteiger partial charge on any atom is 0.226 e. The fourth-order valence-electron chi connectivity index (χ4n) is 3.33. The molecule has 1 aliphatic carbocycles. The molecule has 0 amide bonds. The van der Waals surface area contributed by atoms with Crippen molar-refractivity contribution in [3.05, 3.63) is 41.6 Å². The minimum absolute atomic E-state index is 0.397. The number of hydrogen-bond acceptors (Lipinski definition) is 5. The van der Waals surface area contributed by atoms with E-state index >= 15 is 0 Å². The van der Waals surface area contributed by atoms with Crippen molar-refractivity contribution < 1.29 is 4.74 Å². The molecule has 0 saturated heterocycles. The summed E-state index contributed by atoms with van der Waals surface area (Å²) in [5.41, 5.74) is 1.46. The zero-order valence-electron chi connectivity index (χ0n) is 15.0. The van der Waals surface area contributed by atoms with Crippen LogP contribution in [0.25, 0.3) is 0 Å². The van der Waals surface area contributed by atoms with E-state index in [1.54, 1.807) is 24.3 Å². The lowest BCUT2D eigenvalue weighted by atomic mass is 9.78. The second kappa shape index (κ2) is 7.52. The number of hydrogen-bond donors (Lipinski definition) is 1. The largest absolute Gasteiger partial charge is 0.439 e. The van der Waals surface area contributed by atoms with Crippen LogP contribution in [0.4, 0.5) is 5.95 Å². The summed E-state index contributed by atoms with van der Waals surface area (Å²) in [6.07, 6.45) is 3.68. The summed E-state index contributed by atoms with van der Waals surface area (Å²) in [7, 11) is 0. The molecule has 0 aliphatic heterocycles. The Morgan fingerprint density at radius 1 is 1.16 bits per heavy atom. The predicted octanol–water partition coefficient (Wildman–Crippen LogP) is 4.69. The summed E-state index contributed by atoms with van der Waals surface area (Å²) in [6.45, 7) is 6.55. The van der Waals surface area contributed by atoms with Gasteiger partial charge in [-0.3, -0.25) is 0 Å². The molecule has 0 spiro atoms. The highest BCUT2D eigenvalue weighted by molar-refractivity contribution is 5.38. The molecule has 0 bridgehead atoms. The highest BCUT2D eigenvalue weighted by atomic mass is 16.5. The number of anilines is 1. The molecule has 1 aromatic heterocycles. The maximum absolute atomic E-state index is 8.87. The normalized spacial score (nSPS) is 22.9. The van der Waals surface area contributed by atoms with Crippen LogP contribution in [-0.2, 0) is 0 Å². The van der Waals surface area contributed by atoms with Crippen LogP contribution < -0.4 is 10.1 Å². The third-order valence-electron chi connectivity index (χ3n) is 5.06. The Hall–Kier alpha value is -2.61. The molecule has 1 saturated carbocycles. The monoisotopic (exact) mass is 336 g/mol. The molecule has 1 heterocycles. The fraction of sp³-hybridized carbons (Fsp3) is 0.450. The minimum atomic E-state index is 0.397. The van der Waals surface area contributed by atoms with Crippen LogP contribution in [0.2, 0.25) is 0 Å². The summed E-state index contributed by atoms with van der Waals surface area (Å²) in [4.78, 5) is 9.03. The van der Waals surface area contributed by atoms with Gasteiger partial charge < -0.3 is 10.1 Å². The molecule has 25 heavy (non-hydrogen) atoms. The lowest BCUT2D eigenvalue weighted by Crippen LogP contribution is -2.35. The summed E-state index contributed by atoms with van der Waals surface area (Å²) in [5, 5.41) is 12.4. The van der Waals surface area contributed by atoms with Gasteiger partial charge >= 0.3 is 0 Å². The summed E-state index contributed by atoms with van der Waals surface area (Å²) < 4.78 is 5.84. The van der Waals surface area contributed by atoms with Crippen molar-refractivity contribution in [1.29, 1.82) is 5.26 Å². The molecule has 1 aromatic carbocycles. The van der Waals surface area contributed by atoms with Gasteiger partial charge in [-0.1, -0.05) is 26.7 Å². The van der Waals surface area contributed by atoms with E-state index in [1.165, 1.54) is 12.8 Å². The van der Waals surface area contributed by atoms with Gasteiger partial charge in [0.1, 0.15) is 5.75 Å². The van der Waals surface area contributed by atoms with Gasteiger partial charge in [0.15, 0.2) is 0 Å². The van der Waals surface area contributed by atoms with Crippen LogP contribution in [0.3, 0.4) is 0 Å². The van der Waals surface area contributed by atoms with E-state index in [-0.39, 0.29) is 0 Å². The zero-order chi connectivity index (χ0) is 17.8. The van der Waals surface area contributed by atoms with Crippen LogP contribution in [0.1, 0.15) is 44.4 Å². The predicted molar refractivity (Wildman–Crippen MR) is 97.6 cm³/mol. The molecule has 5 nitrogen and oxygen atoms in total. The van der Waals surface area contributed by atoms with E-state index in [0.717, 1.165) is 12.1 Å². The van der Waals surface area contributed by atoms with Crippen molar-refractivity contribution in [2.24, 2.45) is 11.8 Å². The number of nitrogens with zero attached hydrogens (tertiary/aromatic N) is 3. The highest BCUT2D eigenvalue weighted by Crippen LogP contribution is 2.31. The Labute approximate surface area is 149 Å². The molecule has 5 heteroatoms. The molecule has 1 aliphatic rings. The topological polar surface area (TPSA) is 70.8 Å². The van der Waals surface area contributed by atoms with Crippen molar-refractivity contribution in [2.75, 3.05) is 5.32 Å². The van der Waals surface area contributed by atoms with E-state index in [9.17, 15) is 0 Å². The second-order valence-corrected chi connectivity index (χ2v) is 6.93. The first-order valence-corrected chi connectivity index (χ1v) is 8.85. The molecular formula is C20H24N4O. The van der Waals surface area contributed by atoms with Crippen LogP contribution >= 0.6 is 0 Å². The average Bonchev–Trinajstić information content (AvgIpc) is 2.59. The van der Waals surface area contributed by atoms with Gasteiger partial charge in [0.05, 0.1) is 11.6 Å². The van der Waals surface area contributed by atoms with Gasteiger partial charge in [0, 0.05) is 17.8 Å². The lowest BCUT2D eigenvalue weighted by molar-refractivity contribution is 0.252. The van der Waals surface area contributed by atoms with Crippen LogP contribution in [0, 0.1) is 30.1 Å². The number of nitriles is 1. The fourth-order valence-corrected chi connectivity index (χ4v) is 3.33. The number of aryl methyl sites for hydroxylation is 1. The Balaban J connectivity index is 1.74. The maximum atomic E-state index is 8.87. The quantitative estimate of drug-likeness (QED) is 0.877. The molecule has 130 valence electrons. The number of aromatic nitrogens is 2. The van der Waals surface area contributed by atoms with Crippen LogP contribution in [-0.4, -0.2) is 16.0 Å². The standard InChI is InChI=1S/C20H24N4O/c1-13-5-4-6-18(15(13)3)23-20-22-14(2)11-19(24-20)25-17-9-7-16(12-21)8-10-17/h7-11,13,15,18H,4-6H2,1-3H3,(H,22,23,24). The minimum Gasteiger partial charge on any atom is -0.439 e. The first kappa shape index (κ1) is 17.2. The van der Waals surface area contributed by atoms with Crippen molar-refractivity contribution in [3.8, 4) is 17.7 Å². The summed E-state index contributed by atoms with van der Waals surface area (Å²) >= 11 is 0. The summed E-state index contributed by atoms with van der Waals surface area (Å²) in [6, 6.07) is 11.3. The van der Waals surface area contributed by atoms with Crippen molar-refractivity contribution in [2.45, 2.75) is 46.1 Å². The molecule has 3 atom stereocenters. The van der Waals surface area contributed by atoms with E-state index in [4.69, 9.17) is 10.00 Å². The van der Waals surface area contributed by atoms with Crippen molar-refractivity contribution in [3.63, 3.8) is 0 Å². The Morgan fingerprint density at radius 2 is 1.92 bits per heavy atom. The Kier molecular flexibility index (Phi) is 5.18. The SMILES string of the molecule is Cc1cc(Oc2ccc(C#N)cc2)nc(NC2CCCC(C)C2C)n1. The average molecular weight is 336 g/mol. The molecular weight excluding hydrogens is 312 g/mol. The summed E-state index contributed by atoms with van der Waals surface area (Å²) in [5.74, 6) is 3.10. The van der Waals surface area contributed by atoms with E-state index in [1.807, 2.05) is 13.0 Å². The van der Waals surface area contributed by atoms with Gasteiger partial charge in [-0.05, 0) is 49.4 Å². The molecule has 0 radical (unpaired) electrons.